The third kappa shape index (κ3) is 4.52. The Bertz CT molecular complexity index is 464. The van der Waals surface area contributed by atoms with Crippen molar-refractivity contribution in [2.45, 2.75) is 42.4 Å². The lowest BCUT2D eigenvalue weighted by Crippen LogP contribution is -2.18. The molecule has 1 aromatic carbocycles. The van der Waals surface area contributed by atoms with Gasteiger partial charge in [-0.2, -0.15) is 5.26 Å². The highest BCUT2D eigenvalue weighted by Crippen LogP contribution is 2.36. The maximum Gasteiger partial charge on any atom is 0.100 e. The number of hydrogen-bond acceptors (Lipinski definition) is 4. The average molecular weight is 290 g/mol. The van der Waals surface area contributed by atoms with Gasteiger partial charge in [0.05, 0.1) is 12.2 Å². The summed E-state index contributed by atoms with van der Waals surface area (Å²) in [6.45, 7) is 2.32. The molecular weight excluding hydrogens is 268 g/mol. The van der Waals surface area contributed by atoms with E-state index in [9.17, 15) is 5.26 Å². The Balaban J connectivity index is 1.94. The van der Waals surface area contributed by atoms with Gasteiger partial charge in [0.1, 0.15) is 6.07 Å². The Kier molecular flexibility index (Phi) is 6.38. The van der Waals surface area contributed by atoms with Crippen molar-refractivity contribution in [3.8, 4) is 6.07 Å². The first-order valence-corrected chi connectivity index (χ1v) is 8.11. The van der Waals surface area contributed by atoms with E-state index in [0.717, 1.165) is 29.1 Å². The zero-order valence-electron chi connectivity index (χ0n) is 12.0. The molecule has 108 valence electrons. The molecule has 0 radical (unpaired) electrons. The minimum Gasteiger partial charge on any atom is -0.383 e. The van der Waals surface area contributed by atoms with Gasteiger partial charge in [-0.15, -0.1) is 11.8 Å². The predicted molar refractivity (Wildman–Crippen MR) is 82.9 cm³/mol. The highest BCUT2D eigenvalue weighted by molar-refractivity contribution is 8.00. The molecule has 0 spiro atoms. The Hall–Kier alpha value is -1.02. The van der Waals surface area contributed by atoms with Crippen LogP contribution in [-0.4, -0.2) is 25.5 Å². The lowest BCUT2D eigenvalue weighted by Gasteiger charge is -2.11. The zero-order chi connectivity index (χ0) is 14.2. The normalized spacial score (nSPS) is 15.4. The quantitative estimate of drug-likeness (QED) is 0.782. The molecule has 1 aliphatic rings. The molecular formula is C16H22N2OS. The van der Waals surface area contributed by atoms with Crippen LogP contribution in [0.5, 0.6) is 0 Å². The van der Waals surface area contributed by atoms with E-state index in [0.29, 0.717) is 11.9 Å². The summed E-state index contributed by atoms with van der Waals surface area (Å²) in [5, 5.41) is 13.3. The van der Waals surface area contributed by atoms with Crippen LogP contribution in [0.15, 0.2) is 23.1 Å². The van der Waals surface area contributed by atoms with Crippen LogP contribution in [-0.2, 0) is 11.3 Å². The second-order valence-electron chi connectivity index (χ2n) is 5.14. The molecule has 3 nitrogen and oxygen atoms in total. The van der Waals surface area contributed by atoms with Gasteiger partial charge in [-0.05, 0) is 30.5 Å². The van der Waals surface area contributed by atoms with Gasteiger partial charge in [-0.3, -0.25) is 0 Å². The van der Waals surface area contributed by atoms with Crippen molar-refractivity contribution in [1.82, 2.24) is 5.32 Å². The van der Waals surface area contributed by atoms with Crippen molar-refractivity contribution in [2.75, 3.05) is 20.3 Å². The van der Waals surface area contributed by atoms with Crippen molar-refractivity contribution in [3.05, 3.63) is 29.3 Å². The van der Waals surface area contributed by atoms with E-state index in [-0.39, 0.29) is 0 Å². The number of rotatable bonds is 7. The molecule has 0 saturated heterocycles. The first-order chi connectivity index (χ1) is 9.83. The van der Waals surface area contributed by atoms with Crippen LogP contribution in [0.3, 0.4) is 0 Å². The molecule has 0 amide bonds. The molecule has 20 heavy (non-hydrogen) atoms. The van der Waals surface area contributed by atoms with Crippen LogP contribution in [0.2, 0.25) is 0 Å². The number of nitriles is 1. The molecule has 0 aromatic heterocycles. The van der Waals surface area contributed by atoms with Crippen LogP contribution in [0.25, 0.3) is 0 Å². The fourth-order valence-electron chi connectivity index (χ4n) is 2.47. The highest BCUT2D eigenvalue weighted by atomic mass is 32.2. The summed E-state index contributed by atoms with van der Waals surface area (Å²) in [5.41, 5.74) is 1.97. The smallest absolute Gasteiger partial charge is 0.100 e. The number of hydrogen-bond donors (Lipinski definition) is 1. The van der Waals surface area contributed by atoms with Crippen LogP contribution in [0.4, 0.5) is 0 Å². The SMILES string of the molecule is COCCNCc1ccc(SC2CCCC2)c(C#N)c1. The number of nitrogens with one attached hydrogen (secondary N) is 1. The fraction of sp³-hybridized carbons (Fsp3) is 0.562. The van der Waals surface area contributed by atoms with Crippen LogP contribution >= 0.6 is 11.8 Å². The largest absolute Gasteiger partial charge is 0.383 e. The van der Waals surface area contributed by atoms with Crippen LogP contribution in [0, 0.1) is 11.3 Å². The molecule has 1 N–H and O–H groups in total. The first-order valence-electron chi connectivity index (χ1n) is 7.23. The van der Waals surface area contributed by atoms with Crippen molar-refractivity contribution < 1.29 is 4.74 Å². The maximum absolute atomic E-state index is 9.32. The predicted octanol–water partition coefficient (Wildman–Crippen LogP) is 3.33. The van der Waals surface area contributed by atoms with Gasteiger partial charge in [0.2, 0.25) is 0 Å². The summed E-state index contributed by atoms with van der Waals surface area (Å²) in [6.07, 6.45) is 5.24. The summed E-state index contributed by atoms with van der Waals surface area (Å²) in [5.74, 6) is 0. The Morgan fingerprint density at radius 2 is 2.20 bits per heavy atom. The van der Waals surface area contributed by atoms with Gasteiger partial charge in [0, 0.05) is 30.3 Å². The second-order valence-corrected chi connectivity index (χ2v) is 6.48. The monoisotopic (exact) mass is 290 g/mol. The molecule has 0 aliphatic heterocycles. The van der Waals surface area contributed by atoms with Gasteiger partial charge in [-0.25, -0.2) is 0 Å². The van der Waals surface area contributed by atoms with Crippen LogP contribution in [0.1, 0.15) is 36.8 Å². The molecule has 1 aromatic rings. The number of methoxy groups -OCH3 is 1. The lowest BCUT2D eigenvalue weighted by molar-refractivity contribution is 0.199. The molecule has 1 fully saturated rings. The van der Waals surface area contributed by atoms with E-state index in [1.807, 2.05) is 17.8 Å². The molecule has 1 aliphatic carbocycles. The van der Waals surface area contributed by atoms with E-state index in [1.165, 1.54) is 25.7 Å². The second kappa shape index (κ2) is 8.31. The number of thioether (sulfide) groups is 1. The third-order valence-corrected chi connectivity index (χ3v) is 4.99. The third-order valence-electron chi connectivity index (χ3n) is 3.57. The first kappa shape index (κ1) is 15.4. The topological polar surface area (TPSA) is 45.0 Å². The summed E-state index contributed by atoms with van der Waals surface area (Å²) in [6, 6.07) is 8.58. The summed E-state index contributed by atoms with van der Waals surface area (Å²) in [7, 11) is 1.70. The summed E-state index contributed by atoms with van der Waals surface area (Å²) in [4.78, 5) is 1.14. The number of benzene rings is 1. The molecule has 0 atom stereocenters. The minimum absolute atomic E-state index is 0.702. The van der Waals surface area contributed by atoms with Crippen molar-refractivity contribution >= 4 is 11.8 Å². The van der Waals surface area contributed by atoms with Gasteiger partial charge in [0.25, 0.3) is 0 Å². The average Bonchev–Trinajstić information content (AvgIpc) is 2.98. The van der Waals surface area contributed by atoms with E-state index in [4.69, 9.17) is 4.74 Å². The molecule has 1 saturated carbocycles. The summed E-state index contributed by atoms with van der Waals surface area (Å²) < 4.78 is 5.00. The van der Waals surface area contributed by atoms with Crippen molar-refractivity contribution in [2.24, 2.45) is 0 Å². The van der Waals surface area contributed by atoms with Gasteiger partial charge in [-0.1, -0.05) is 18.9 Å². The van der Waals surface area contributed by atoms with E-state index >= 15 is 0 Å². The zero-order valence-corrected chi connectivity index (χ0v) is 12.8. The molecule has 0 heterocycles. The molecule has 0 unspecified atom stereocenters. The van der Waals surface area contributed by atoms with Gasteiger partial charge >= 0.3 is 0 Å². The van der Waals surface area contributed by atoms with E-state index in [2.05, 4.69) is 23.5 Å². The molecule has 4 heteroatoms. The standard InChI is InChI=1S/C16H22N2OS/c1-19-9-8-18-12-13-6-7-16(14(10-13)11-17)20-15-4-2-3-5-15/h6-7,10,15,18H,2-5,8-9,12H2,1H3. The molecule has 2 rings (SSSR count). The maximum atomic E-state index is 9.32. The van der Waals surface area contributed by atoms with Crippen molar-refractivity contribution in [3.63, 3.8) is 0 Å². The Labute approximate surface area is 125 Å². The minimum atomic E-state index is 0.702. The van der Waals surface area contributed by atoms with Gasteiger partial charge < -0.3 is 10.1 Å². The lowest BCUT2D eigenvalue weighted by atomic mass is 10.1. The van der Waals surface area contributed by atoms with Gasteiger partial charge in [0.15, 0.2) is 0 Å². The number of nitrogens with zero attached hydrogens (tertiary/aromatic N) is 1. The Morgan fingerprint density at radius 1 is 1.40 bits per heavy atom. The van der Waals surface area contributed by atoms with E-state index < -0.39 is 0 Å². The number of ether oxygens (including phenoxy) is 1. The Morgan fingerprint density at radius 3 is 2.90 bits per heavy atom. The molecule has 0 bridgehead atoms. The summed E-state index contributed by atoms with van der Waals surface area (Å²) >= 11 is 1.88. The van der Waals surface area contributed by atoms with Crippen LogP contribution < -0.4 is 5.32 Å². The van der Waals surface area contributed by atoms with Crippen molar-refractivity contribution in [1.29, 1.82) is 5.26 Å². The van der Waals surface area contributed by atoms with E-state index in [1.54, 1.807) is 7.11 Å². The fourth-order valence-corrected chi connectivity index (χ4v) is 3.78. The highest BCUT2D eigenvalue weighted by Gasteiger charge is 2.17.